The van der Waals surface area contributed by atoms with Crippen molar-refractivity contribution >= 4 is 33.7 Å². The number of amides is 1. The average molecular weight is 469 g/mol. The van der Waals surface area contributed by atoms with Gasteiger partial charge in [-0.15, -0.1) is 0 Å². The Morgan fingerprint density at radius 1 is 1.09 bits per heavy atom. The number of furan rings is 1. The first-order valence-corrected chi connectivity index (χ1v) is 10.6. The van der Waals surface area contributed by atoms with Gasteiger partial charge < -0.3 is 9.73 Å². The van der Waals surface area contributed by atoms with Gasteiger partial charge in [0.05, 0.1) is 17.6 Å². The van der Waals surface area contributed by atoms with Crippen LogP contribution in [0.1, 0.15) is 16.2 Å². The van der Waals surface area contributed by atoms with Crippen molar-refractivity contribution < 1.29 is 13.6 Å². The first-order valence-electron chi connectivity index (χ1n) is 10.6. The summed E-state index contributed by atoms with van der Waals surface area (Å²) in [5.74, 6) is -0.402. The van der Waals surface area contributed by atoms with E-state index >= 15 is 0 Å². The van der Waals surface area contributed by atoms with Crippen molar-refractivity contribution in [3.63, 3.8) is 0 Å². The minimum Gasteiger partial charge on any atom is -0.451 e. The van der Waals surface area contributed by atoms with Gasteiger partial charge in [0, 0.05) is 11.5 Å². The van der Waals surface area contributed by atoms with Crippen LogP contribution in [-0.4, -0.2) is 35.4 Å². The van der Waals surface area contributed by atoms with Crippen LogP contribution in [0, 0.1) is 12.7 Å². The zero-order valence-electron chi connectivity index (χ0n) is 18.2. The SMILES string of the molecule is Cc1cc(NC(=O)c2cc3ccccc3o2)n(-c2nc3c(cnn3-c3ccc(F)cc3)c(=O)[nH]2)n1. The van der Waals surface area contributed by atoms with E-state index in [1.54, 1.807) is 25.1 Å². The Balaban J connectivity index is 1.41. The first kappa shape index (κ1) is 20.5. The Morgan fingerprint density at radius 3 is 2.69 bits per heavy atom. The molecule has 0 saturated carbocycles. The molecule has 172 valence electrons. The first-order chi connectivity index (χ1) is 17.0. The second-order valence-electron chi connectivity index (χ2n) is 7.84. The highest BCUT2D eigenvalue weighted by Crippen LogP contribution is 2.22. The predicted octanol–water partition coefficient (Wildman–Crippen LogP) is 3.74. The second kappa shape index (κ2) is 7.76. The van der Waals surface area contributed by atoms with E-state index in [0.717, 1.165) is 5.39 Å². The molecule has 0 bridgehead atoms. The molecule has 2 N–H and O–H groups in total. The van der Waals surface area contributed by atoms with Crippen LogP contribution < -0.4 is 10.9 Å². The lowest BCUT2D eigenvalue weighted by Gasteiger charge is -2.08. The van der Waals surface area contributed by atoms with E-state index < -0.39 is 17.3 Å². The standard InChI is InChI=1S/C24H16FN7O3/c1-13-10-20(27-23(34)19-11-14-4-2-3-5-18(14)35-19)32(30-13)24-28-21-17(22(33)29-24)12-26-31(21)16-8-6-15(25)7-9-16/h2-12H,1H3,(H,27,34)(H,28,29,33). The summed E-state index contributed by atoms with van der Waals surface area (Å²) in [6.45, 7) is 1.74. The Kier molecular flexibility index (Phi) is 4.56. The summed E-state index contributed by atoms with van der Waals surface area (Å²) >= 11 is 0. The maximum Gasteiger partial charge on any atom is 0.292 e. The number of halogens is 1. The number of hydrogen-bond acceptors (Lipinski definition) is 6. The number of para-hydroxylation sites is 1. The third-order valence-electron chi connectivity index (χ3n) is 5.42. The van der Waals surface area contributed by atoms with Crippen molar-refractivity contribution in [3.05, 3.63) is 94.5 Å². The number of hydrogen-bond donors (Lipinski definition) is 2. The summed E-state index contributed by atoms with van der Waals surface area (Å²) in [5.41, 5.74) is 1.51. The van der Waals surface area contributed by atoms with Gasteiger partial charge in [0.1, 0.15) is 22.6 Å². The second-order valence-corrected chi connectivity index (χ2v) is 7.84. The number of fused-ring (bicyclic) bond motifs is 2. The van der Waals surface area contributed by atoms with E-state index in [1.165, 1.54) is 39.8 Å². The molecule has 0 fully saturated rings. The van der Waals surface area contributed by atoms with Gasteiger partial charge in [0.25, 0.3) is 11.5 Å². The quantitative estimate of drug-likeness (QED) is 0.405. The van der Waals surface area contributed by atoms with Gasteiger partial charge in [-0.3, -0.25) is 14.6 Å². The summed E-state index contributed by atoms with van der Waals surface area (Å²) in [5, 5.41) is 12.4. The molecule has 0 spiro atoms. The van der Waals surface area contributed by atoms with Crippen LogP contribution in [0.3, 0.4) is 0 Å². The summed E-state index contributed by atoms with van der Waals surface area (Å²) in [6.07, 6.45) is 1.38. The number of anilines is 1. The van der Waals surface area contributed by atoms with E-state index in [2.05, 4.69) is 25.5 Å². The number of rotatable bonds is 4. The molecule has 4 heterocycles. The highest BCUT2D eigenvalue weighted by molar-refractivity contribution is 6.04. The van der Waals surface area contributed by atoms with Gasteiger partial charge in [-0.05, 0) is 43.3 Å². The van der Waals surface area contributed by atoms with Crippen LogP contribution in [0.15, 0.2) is 76.1 Å². The van der Waals surface area contributed by atoms with Crippen molar-refractivity contribution in [1.82, 2.24) is 29.5 Å². The number of benzene rings is 2. The molecule has 0 aliphatic heterocycles. The number of nitrogens with one attached hydrogen (secondary N) is 2. The number of aromatic nitrogens is 6. The monoisotopic (exact) mass is 469 g/mol. The molecule has 10 nitrogen and oxygen atoms in total. The maximum absolute atomic E-state index is 13.4. The summed E-state index contributed by atoms with van der Waals surface area (Å²) < 4.78 is 21.8. The van der Waals surface area contributed by atoms with E-state index in [-0.39, 0.29) is 28.6 Å². The van der Waals surface area contributed by atoms with E-state index in [1.807, 2.05) is 18.2 Å². The molecule has 6 rings (SSSR count). The van der Waals surface area contributed by atoms with Crippen LogP contribution in [0.2, 0.25) is 0 Å². The lowest BCUT2D eigenvalue weighted by Crippen LogP contribution is -2.19. The largest absolute Gasteiger partial charge is 0.451 e. The number of aryl methyl sites for hydroxylation is 1. The number of aromatic amines is 1. The Morgan fingerprint density at radius 2 is 1.89 bits per heavy atom. The van der Waals surface area contributed by atoms with Gasteiger partial charge in [-0.25, -0.2) is 9.07 Å². The summed E-state index contributed by atoms with van der Waals surface area (Å²) in [4.78, 5) is 32.9. The molecule has 6 aromatic rings. The minimum atomic E-state index is -0.484. The van der Waals surface area contributed by atoms with Gasteiger partial charge >= 0.3 is 0 Å². The maximum atomic E-state index is 13.4. The van der Waals surface area contributed by atoms with Crippen molar-refractivity contribution in [1.29, 1.82) is 0 Å². The van der Waals surface area contributed by atoms with Crippen molar-refractivity contribution in [2.24, 2.45) is 0 Å². The van der Waals surface area contributed by atoms with Gasteiger partial charge in [0.15, 0.2) is 11.4 Å². The zero-order chi connectivity index (χ0) is 24.1. The molecular formula is C24H16FN7O3. The van der Waals surface area contributed by atoms with Crippen LogP contribution >= 0.6 is 0 Å². The fourth-order valence-corrected chi connectivity index (χ4v) is 3.80. The molecule has 4 aromatic heterocycles. The van der Waals surface area contributed by atoms with E-state index in [4.69, 9.17) is 4.42 Å². The molecule has 1 amide bonds. The molecule has 11 heteroatoms. The van der Waals surface area contributed by atoms with Gasteiger partial charge in [0.2, 0.25) is 5.95 Å². The molecule has 0 unspecified atom stereocenters. The molecule has 0 aliphatic carbocycles. The van der Waals surface area contributed by atoms with Crippen molar-refractivity contribution in [3.8, 4) is 11.6 Å². The summed E-state index contributed by atoms with van der Waals surface area (Å²) in [6, 6.07) is 16.2. The van der Waals surface area contributed by atoms with Crippen LogP contribution in [-0.2, 0) is 0 Å². The number of carbonyl (C=O) groups excluding carboxylic acids is 1. The van der Waals surface area contributed by atoms with E-state index in [0.29, 0.717) is 17.0 Å². The van der Waals surface area contributed by atoms with Crippen LogP contribution in [0.5, 0.6) is 0 Å². The normalized spacial score (nSPS) is 11.4. The third-order valence-corrected chi connectivity index (χ3v) is 5.42. The molecular weight excluding hydrogens is 453 g/mol. The zero-order valence-corrected chi connectivity index (χ0v) is 18.2. The molecule has 2 aromatic carbocycles. The van der Waals surface area contributed by atoms with Gasteiger partial charge in [-0.2, -0.15) is 19.9 Å². The number of H-pyrrole nitrogens is 1. The Labute approximate surface area is 195 Å². The fraction of sp³-hybridized carbons (Fsp3) is 0.0417. The molecule has 35 heavy (non-hydrogen) atoms. The van der Waals surface area contributed by atoms with Crippen LogP contribution in [0.4, 0.5) is 10.2 Å². The topological polar surface area (TPSA) is 124 Å². The molecule has 0 saturated heterocycles. The Hall–Kier alpha value is -5.06. The number of nitrogens with zero attached hydrogens (tertiary/aromatic N) is 5. The molecule has 0 aliphatic rings. The highest BCUT2D eigenvalue weighted by Gasteiger charge is 2.19. The minimum absolute atomic E-state index is 0.0689. The fourth-order valence-electron chi connectivity index (χ4n) is 3.80. The predicted molar refractivity (Wildman–Crippen MR) is 125 cm³/mol. The average Bonchev–Trinajstić information content (AvgIpc) is 3.56. The Bertz CT molecular complexity index is 1760. The van der Waals surface area contributed by atoms with Crippen LogP contribution in [0.25, 0.3) is 33.6 Å². The van der Waals surface area contributed by atoms with Crippen molar-refractivity contribution in [2.45, 2.75) is 6.92 Å². The lowest BCUT2D eigenvalue weighted by atomic mass is 10.2. The van der Waals surface area contributed by atoms with Crippen molar-refractivity contribution in [2.75, 3.05) is 5.32 Å². The lowest BCUT2D eigenvalue weighted by molar-refractivity contribution is 0.0998. The third kappa shape index (κ3) is 3.55. The van der Waals surface area contributed by atoms with Gasteiger partial charge in [-0.1, -0.05) is 18.2 Å². The van der Waals surface area contributed by atoms with E-state index in [9.17, 15) is 14.0 Å². The molecule has 0 radical (unpaired) electrons. The number of carbonyl (C=O) groups is 1. The highest BCUT2D eigenvalue weighted by atomic mass is 19.1. The molecule has 0 atom stereocenters. The smallest absolute Gasteiger partial charge is 0.292 e. The summed E-state index contributed by atoms with van der Waals surface area (Å²) in [7, 11) is 0.